The number of carbonyl (C=O) groups excluding carboxylic acids is 1. The Morgan fingerprint density at radius 3 is 2.59 bits per heavy atom. The molecule has 1 N–H and O–H groups in total. The molecular formula is C17H18F3N2O4S-. The van der Waals surface area contributed by atoms with E-state index < -0.39 is 34.5 Å². The van der Waals surface area contributed by atoms with Gasteiger partial charge in [0.15, 0.2) is 0 Å². The van der Waals surface area contributed by atoms with E-state index in [1.165, 1.54) is 19.1 Å². The van der Waals surface area contributed by atoms with Gasteiger partial charge >= 0.3 is 12.1 Å². The van der Waals surface area contributed by atoms with Crippen LogP contribution in [-0.4, -0.2) is 27.9 Å². The zero-order valence-corrected chi connectivity index (χ0v) is 15.5. The maximum Gasteiger partial charge on any atom is 0.416 e. The molecule has 0 spiro atoms. The van der Waals surface area contributed by atoms with Crippen molar-refractivity contribution in [2.45, 2.75) is 32.3 Å². The highest BCUT2D eigenvalue weighted by Gasteiger charge is 2.33. The number of nitrogens with one attached hydrogen (secondary N) is 1. The monoisotopic (exact) mass is 403 g/mol. The number of nitrogens with zero attached hydrogens (tertiary/aromatic N) is 1. The highest BCUT2D eigenvalue weighted by atomic mass is 32.2. The number of carbonyl (C=O) groups is 1. The summed E-state index contributed by atoms with van der Waals surface area (Å²) in [6, 6.07) is 3.27. The summed E-state index contributed by atoms with van der Waals surface area (Å²) in [4.78, 5) is 15.0. The topological polar surface area (TPSA) is 82.8 Å². The van der Waals surface area contributed by atoms with Crippen LogP contribution in [0, 0.1) is 6.57 Å². The average molecular weight is 403 g/mol. The first-order chi connectivity index (χ1) is 12.6. The summed E-state index contributed by atoms with van der Waals surface area (Å²) >= 11 is -2.51. The molecule has 0 aliphatic carbocycles. The zero-order valence-electron chi connectivity index (χ0n) is 14.7. The van der Waals surface area contributed by atoms with E-state index >= 15 is 0 Å². The fourth-order valence-electron chi connectivity index (χ4n) is 2.24. The van der Waals surface area contributed by atoms with Crippen LogP contribution >= 0.6 is 0 Å². The van der Waals surface area contributed by atoms with Crippen molar-refractivity contribution < 1.29 is 31.5 Å². The summed E-state index contributed by atoms with van der Waals surface area (Å²) in [5, 5.41) is 2.71. The molecule has 1 rings (SSSR count). The number of benzene rings is 1. The first-order valence-electron chi connectivity index (χ1n) is 7.79. The lowest BCUT2D eigenvalue weighted by molar-refractivity contribution is -0.139. The summed E-state index contributed by atoms with van der Waals surface area (Å²) < 4.78 is 66.1. The second-order valence-electron chi connectivity index (χ2n) is 5.43. The van der Waals surface area contributed by atoms with E-state index in [1.54, 1.807) is 6.92 Å². The summed E-state index contributed by atoms with van der Waals surface area (Å²) in [7, 11) is 0. The van der Waals surface area contributed by atoms with Crippen LogP contribution in [0.1, 0.15) is 30.5 Å². The minimum atomic E-state index is -4.67. The smallest absolute Gasteiger partial charge is 0.416 e. The van der Waals surface area contributed by atoms with E-state index in [9.17, 15) is 26.7 Å². The van der Waals surface area contributed by atoms with Crippen molar-refractivity contribution in [2.75, 3.05) is 13.2 Å². The number of ether oxygens (including phenoxy) is 1. The fraction of sp³-hybridized carbons (Fsp3) is 0.412. The molecule has 0 amide bonds. The first kappa shape index (κ1) is 22.7. The lowest BCUT2D eigenvalue weighted by Crippen LogP contribution is -2.21. The van der Waals surface area contributed by atoms with Crippen molar-refractivity contribution in [1.82, 2.24) is 5.32 Å². The molecule has 6 nitrogen and oxygen atoms in total. The molecular weight excluding hydrogens is 385 g/mol. The van der Waals surface area contributed by atoms with E-state index in [4.69, 9.17) is 11.3 Å². The largest absolute Gasteiger partial charge is 0.772 e. The maximum absolute atomic E-state index is 13.3. The number of halogens is 3. The van der Waals surface area contributed by atoms with Crippen LogP contribution in [0.3, 0.4) is 0 Å². The normalized spacial score (nSPS) is 13.4. The Morgan fingerprint density at radius 2 is 2.07 bits per heavy atom. The Labute approximate surface area is 157 Å². The van der Waals surface area contributed by atoms with Gasteiger partial charge in [0, 0.05) is 18.0 Å². The van der Waals surface area contributed by atoms with E-state index in [0.29, 0.717) is 0 Å². The predicted molar refractivity (Wildman–Crippen MR) is 91.7 cm³/mol. The first-order valence-corrected chi connectivity index (χ1v) is 9.03. The van der Waals surface area contributed by atoms with Crippen molar-refractivity contribution in [2.24, 2.45) is 0 Å². The van der Waals surface area contributed by atoms with Crippen molar-refractivity contribution in [3.8, 4) is 0 Å². The number of esters is 1. The van der Waals surface area contributed by atoms with Gasteiger partial charge < -0.3 is 19.5 Å². The molecule has 0 aliphatic rings. The van der Waals surface area contributed by atoms with Crippen LogP contribution in [0.4, 0.5) is 13.2 Å². The van der Waals surface area contributed by atoms with E-state index in [-0.39, 0.29) is 42.1 Å². The number of alkyl halides is 3. The Kier molecular flexibility index (Phi) is 8.46. The van der Waals surface area contributed by atoms with E-state index in [0.717, 1.165) is 6.07 Å². The lowest BCUT2D eigenvalue weighted by atomic mass is 10.0. The molecule has 0 saturated heterocycles. The van der Waals surface area contributed by atoms with Crippen LogP contribution in [0.5, 0.6) is 0 Å². The maximum atomic E-state index is 13.3. The molecule has 148 valence electrons. The third-order valence-corrected chi connectivity index (χ3v) is 4.09. The Bertz CT molecular complexity index is 785. The molecule has 0 radical (unpaired) electrons. The van der Waals surface area contributed by atoms with Gasteiger partial charge in [-0.15, -0.1) is 0 Å². The average Bonchev–Trinajstić information content (AvgIpc) is 2.57. The number of hydrogen-bond acceptors (Lipinski definition) is 5. The second-order valence-corrected chi connectivity index (χ2v) is 6.33. The number of rotatable bonds is 8. The summed E-state index contributed by atoms with van der Waals surface area (Å²) in [5.74, 6) is -1.23. The summed E-state index contributed by atoms with van der Waals surface area (Å²) in [6.07, 6.45) is -4.67. The molecule has 1 atom stereocenters. The molecule has 1 aromatic rings. The minimum Gasteiger partial charge on any atom is -0.772 e. The van der Waals surface area contributed by atoms with Crippen molar-refractivity contribution in [1.29, 1.82) is 0 Å². The van der Waals surface area contributed by atoms with Gasteiger partial charge in [0.2, 0.25) is 6.54 Å². The SMILES string of the molecule is [C-]#[N+]C/C(C(=O)OCC)=C(\C)NCc1ccc(CS(=O)[O-])cc1C(F)(F)F. The van der Waals surface area contributed by atoms with Crippen LogP contribution in [0.2, 0.25) is 0 Å². The highest BCUT2D eigenvalue weighted by molar-refractivity contribution is 7.78. The van der Waals surface area contributed by atoms with E-state index in [2.05, 4.69) is 10.2 Å². The molecule has 0 fully saturated rings. The number of hydrogen-bond donors (Lipinski definition) is 1. The third kappa shape index (κ3) is 7.03. The molecule has 0 aromatic heterocycles. The third-order valence-electron chi connectivity index (χ3n) is 3.52. The van der Waals surface area contributed by atoms with Gasteiger partial charge in [0.1, 0.15) is 5.57 Å². The van der Waals surface area contributed by atoms with Gasteiger partial charge in [-0.05, 0) is 31.0 Å². The lowest BCUT2D eigenvalue weighted by Gasteiger charge is -2.17. The molecule has 1 aromatic carbocycles. The van der Waals surface area contributed by atoms with Gasteiger partial charge in [-0.2, -0.15) is 13.2 Å². The predicted octanol–water partition coefficient (Wildman–Crippen LogP) is 2.93. The van der Waals surface area contributed by atoms with Gasteiger partial charge in [-0.3, -0.25) is 4.21 Å². The number of allylic oxidation sites excluding steroid dienone is 1. The van der Waals surface area contributed by atoms with Crippen molar-refractivity contribution in [3.63, 3.8) is 0 Å². The van der Waals surface area contributed by atoms with Gasteiger partial charge in [-0.1, -0.05) is 23.2 Å². The molecule has 0 saturated carbocycles. The molecule has 27 heavy (non-hydrogen) atoms. The Hall–Kier alpha value is -2.38. The van der Waals surface area contributed by atoms with Crippen LogP contribution in [0.25, 0.3) is 4.85 Å². The highest BCUT2D eigenvalue weighted by Crippen LogP contribution is 2.33. The second kappa shape index (κ2) is 10.1. The van der Waals surface area contributed by atoms with Gasteiger partial charge in [-0.25, -0.2) is 11.4 Å². The van der Waals surface area contributed by atoms with Crippen molar-refractivity contribution >= 4 is 17.0 Å². The fourth-order valence-corrected chi connectivity index (χ4v) is 2.69. The quantitative estimate of drug-likeness (QED) is 0.312. The zero-order chi connectivity index (χ0) is 20.6. The van der Waals surface area contributed by atoms with Crippen LogP contribution < -0.4 is 5.32 Å². The standard InChI is InChI=1S/C17H19F3N2O4S/c1-4-26-16(23)14(9-21-3)11(2)22-8-13-6-5-12(10-27(24)25)7-15(13)17(18,19)20/h5-7,22H,4,8-10H2,1-2H3,(H,24,25)/p-1/b14-11-. The van der Waals surface area contributed by atoms with Gasteiger partial charge in [0.25, 0.3) is 0 Å². The molecule has 1 unspecified atom stereocenters. The Balaban J connectivity index is 3.13. The minimum absolute atomic E-state index is 0.0203. The van der Waals surface area contributed by atoms with Gasteiger partial charge in [0.05, 0.1) is 12.2 Å². The Morgan fingerprint density at radius 1 is 1.41 bits per heavy atom. The van der Waals surface area contributed by atoms with Crippen LogP contribution in [0.15, 0.2) is 29.5 Å². The van der Waals surface area contributed by atoms with Crippen molar-refractivity contribution in [3.05, 3.63) is 57.6 Å². The molecule has 0 heterocycles. The summed E-state index contributed by atoms with van der Waals surface area (Å²) in [6.45, 7) is 9.55. The van der Waals surface area contributed by atoms with E-state index in [1.807, 2.05) is 0 Å². The molecule has 0 bridgehead atoms. The molecule has 10 heteroatoms. The summed E-state index contributed by atoms with van der Waals surface area (Å²) in [5.41, 5.74) is -0.782. The molecule has 0 aliphatic heterocycles. The van der Waals surface area contributed by atoms with Crippen LogP contribution in [-0.2, 0) is 39.1 Å².